The average Bonchev–Trinajstić information content (AvgIpc) is 3.01. The second kappa shape index (κ2) is 24.8. The molecule has 0 saturated heterocycles. The summed E-state index contributed by atoms with van der Waals surface area (Å²) < 4.78 is 11.1. The first kappa shape index (κ1) is 36.6. The number of benzene rings is 2. The first-order chi connectivity index (χ1) is 21.1. The first-order valence-electron chi connectivity index (χ1n) is 17.7. The van der Waals surface area contributed by atoms with E-state index >= 15 is 0 Å². The highest BCUT2D eigenvalue weighted by Crippen LogP contribution is 2.20. The van der Waals surface area contributed by atoms with Crippen molar-refractivity contribution in [3.05, 3.63) is 59.7 Å². The molecule has 0 atom stereocenters. The van der Waals surface area contributed by atoms with Crippen molar-refractivity contribution >= 4 is 11.9 Å². The predicted molar refractivity (Wildman–Crippen MR) is 180 cm³/mol. The monoisotopic (exact) mass is 592 g/mol. The molecule has 2 aromatic carbocycles. The Morgan fingerprint density at radius 3 is 1.00 bits per heavy atom. The van der Waals surface area contributed by atoms with Gasteiger partial charge in [0.1, 0.15) is 11.5 Å². The van der Waals surface area contributed by atoms with Crippen LogP contribution in [0.1, 0.15) is 166 Å². The van der Waals surface area contributed by atoms with Crippen LogP contribution in [0.3, 0.4) is 0 Å². The van der Waals surface area contributed by atoms with Crippen molar-refractivity contribution in [2.45, 2.75) is 162 Å². The lowest BCUT2D eigenvalue weighted by atomic mass is 10.0. The average molecular weight is 593 g/mol. The van der Waals surface area contributed by atoms with Crippen LogP contribution in [0.4, 0.5) is 0 Å². The maximum absolute atomic E-state index is 12.2. The number of carbonyl (C=O) groups excluding carboxylic acids is 2. The van der Waals surface area contributed by atoms with E-state index in [9.17, 15) is 9.59 Å². The van der Waals surface area contributed by atoms with Crippen molar-refractivity contribution < 1.29 is 19.1 Å². The van der Waals surface area contributed by atoms with Crippen molar-refractivity contribution in [2.24, 2.45) is 0 Å². The molecule has 0 spiro atoms. The summed E-state index contributed by atoms with van der Waals surface area (Å²) in [5, 5.41) is 0. The number of ether oxygens (including phenoxy) is 2. The summed E-state index contributed by atoms with van der Waals surface area (Å²) >= 11 is 0. The largest absolute Gasteiger partial charge is 0.427 e. The number of unbranched alkanes of at least 4 members (excludes halogenated alkanes) is 18. The minimum atomic E-state index is -0.148. The molecule has 240 valence electrons. The number of hydrogen-bond acceptors (Lipinski definition) is 4. The quantitative estimate of drug-likeness (QED) is 0.0619. The van der Waals surface area contributed by atoms with E-state index in [1.165, 1.54) is 103 Å². The fourth-order valence-corrected chi connectivity index (χ4v) is 5.46. The van der Waals surface area contributed by atoms with Gasteiger partial charge in [0.25, 0.3) is 0 Å². The van der Waals surface area contributed by atoms with Crippen molar-refractivity contribution in [1.82, 2.24) is 0 Å². The van der Waals surface area contributed by atoms with E-state index < -0.39 is 0 Å². The lowest BCUT2D eigenvalue weighted by Crippen LogP contribution is -2.07. The summed E-state index contributed by atoms with van der Waals surface area (Å²) in [4.78, 5) is 24.4. The maximum Gasteiger partial charge on any atom is 0.311 e. The molecule has 0 aromatic heterocycles. The van der Waals surface area contributed by atoms with Gasteiger partial charge in [0.15, 0.2) is 0 Å². The molecular weight excluding hydrogens is 532 g/mol. The smallest absolute Gasteiger partial charge is 0.311 e. The minimum Gasteiger partial charge on any atom is -0.427 e. The fraction of sp³-hybridized carbons (Fsp3) is 0.641. The number of hydrogen-bond donors (Lipinski definition) is 0. The number of rotatable bonds is 26. The molecule has 0 N–H and O–H groups in total. The van der Waals surface area contributed by atoms with E-state index in [-0.39, 0.29) is 11.9 Å². The first-order valence-corrected chi connectivity index (χ1v) is 17.7. The third-order valence-corrected chi connectivity index (χ3v) is 8.19. The van der Waals surface area contributed by atoms with Crippen LogP contribution in [-0.2, 0) is 16.0 Å². The van der Waals surface area contributed by atoms with Crippen LogP contribution in [-0.4, -0.2) is 11.9 Å². The lowest BCUT2D eigenvalue weighted by Gasteiger charge is -2.08. The molecule has 2 aromatic rings. The highest BCUT2D eigenvalue weighted by molar-refractivity contribution is 5.72. The lowest BCUT2D eigenvalue weighted by molar-refractivity contribution is -0.135. The molecular formula is C39H60O4. The summed E-state index contributed by atoms with van der Waals surface area (Å²) in [5.41, 5.74) is 2.28. The Balaban J connectivity index is 1.55. The Hall–Kier alpha value is -2.62. The van der Waals surface area contributed by atoms with Gasteiger partial charge in [-0.1, -0.05) is 154 Å². The molecule has 0 bridgehead atoms. The standard InChI is InChI=1S/C39H60O4/c1-3-5-7-9-11-13-15-17-19-21-23-38(40)42-36-29-25-34(26-30-36)33-35-27-31-37(32-28-35)43-39(41)24-22-20-18-16-14-12-10-8-6-4-2/h25-32H,3-24,33H2,1-2H3. The molecule has 0 aliphatic heterocycles. The highest BCUT2D eigenvalue weighted by Gasteiger charge is 2.07. The zero-order valence-corrected chi connectivity index (χ0v) is 27.5. The Labute approximate surface area is 263 Å². The number of carbonyl (C=O) groups is 2. The van der Waals surface area contributed by atoms with Crippen LogP contribution in [0.5, 0.6) is 11.5 Å². The topological polar surface area (TPSA) is 52.6 Å². The van der Waals surface area contributed by atoms with Crippen LogP contribution >= 0.6 is 0 Å². The van der Waals surface area contributed by atoms with Crippen LogP contribution < -0.4 is 9.47 Å². The van der Waals surface area contributed by atoms with Crippen molar-refractivity contribution in [1.29, 1.82) is 0 Å². The second-order valence-electron chi connectivity index (χ2n) is 12.3. The van der Waals surface area contributed by atoms with Gasteiger partial charge in [-0.2, -0.15) is 0 Å². The molecule has 0 aliphatic carbocycles. The summed E-state index contributed by atoms with van der Waals surface area (Å²) in [5.74, 6) is 0.909. The zero-order chi connectivity index (χ0) is 30.8. The normalized spacial score (nSPS) is 11.0. The molecule has 0 saturated carbocycles. The van der Waals surface area contributed by atoms with Crippen LogP contribution in [0.2, 0.25) is 0 Å². The molecule has 4 nitrogen and oxygen atoms in total. The van der Waals surface area contributed by atoms with E-state index in [4.69, 9.17) is 9.47 Å². The summed E-state index contributed by atoms with van der Waals surface area (Å²) in [6.07, 6.45) is 26.8. The van der Waals surface area contributed by atoms with Crippen molar-refractivity contribution in [3.8, 4) is 11.5 Å². The fourth-order valence-electron chi connectivity index (χ4n) is 5.46. The molecule has 0 unspecified atom stereocenters. The van der Waals surface area contributed by atoms with Crippen molar-refractivity contribution in [3.63, 3.8) is 0 Å². The van der Waals surface area contributed by atoms with Gasteiger partial charge in [0, 0.05) is 12.8 Å². The van der Waals surface area contributed by atoms with E-state index in [1.807, 2.05) is 48.5 Å². The van der Waals surface area contributed by atoms with E-state index in [0.29, 0.717) is 24.3 Å². The van der Waals surface area contributed by atoms with Crippen LogP contribution in [0.15, 0.2) is 48.5 Å². The third-order valence-electron chi connectivity index (χ3n) is 8.19. The van der Waals surface area contributed by atoms with Gasteiger partial charge >= 0.3 is 11.9 Å². The summed E-state index contributed by atoms with van der Waals surface area (Å²) in [6.45, 7) is 4.51. The van der Waals surface area contributed by atoms with E-state index in [0.717, 1.165) is 43.2 Å². The van der Waals surface area contributed by atoms with Gasteiger partial charge in [-0.05, 0) is 54.7 Å². The zero-order valence-electron chi connectivity index (χ0n) is 27.5. The van der Waals surface area contributed by atoms with Gasteiger partial charge in [0.05, 0.1) is 0 Å². The number of esters is 2. The highest BCUT2D eigenvalue weighted by atomic mass is 16.5. The Kier molecular flexibility index (Phi) is 21.1. The maximum atomic E-state index is 12.2. The molecule has 0 aliphatic rings. The second-order valence-corrected chi connectivity index (χ2v) is 12.3. The molecule has 4 heteroatoms. The SMILES string of the molecule is CCCCCCCCCCCCC(=O)Oc1ccc(Cc2ccc(OC(=O)CCCCCCCCCCCC)cc2)cc1. The van der Waals surface area contributed by atoms with Gasteiger partial charge in [-0.25, -0.2) is 0 Å². The Bertz CT molecular complexity index is 884. The van der Waals surface area contributed by atoms with Gasteiger partial charge in [-0.15, -0.1) is 0 Å². The molecule has 0 heterocycles. The van der Waals surface area contributed by atoms with Crippen molar-refractivity contribution in [2.75, 3.05) is 0 Å². The third kappa shape index (κ3) is 19.3. The van der Waals surface area contributed by atoms with Crippen LogP contribution in [0, 0.1) is 0 Å². The summed E-state index contributed by atoms with van der Waals surface area (Å²) in [7, 11) is 0. The van der Waals surface area contributed by atoms with Gasteiger partial charge in [0.2, 0.25) is 0 Å². The molecule has 0 radical (unpaired) electrons. The Morgan fingerprint density at radius 1 is 0.419 bits per heavy atom. The van der Waals surface area contributed by atoms with E-state index in [1.54, 1.807) is 0 Å². The van der Waals surface area contributed by atoms with Crippen LogP contribution in [0.25, 0.3) is 0 Å². The molecule has 2 rings (SSSR count). The van der Waals surface area contributed by atoms with Gasteiger partial charge in [-0.3, -0.25) is 9.59 Å². The van der Waals surface area contributed by atoms with E-state index in [2.05, 4.69) is 13.8 Å². The molecule has 43 heavy (non-hydrogen) atoms. The minimum absolute atomic E-state index is 0.148. The van der Waals surface area contributed by atoms with Gasteiger partial charge < -0.3 is 9.47 Å². The Morgan fingerprint density at radius 2 is 0.698 bits per heavy atom. The summed E-state index contributed by atoms with van der Waals surface area (Å²) in [6, 6.07) is 15.5. The molecule has 0 amide bonds. The molecule has 0 fully saturated rings. The predicted octanol–water partition coefficient (Wildman–Crippen LogP) is 11.7.